The molecule has 1 aromatic carbocycles. The Morgan fingerprint density at radius 3 is 2.36 bits per heavy atom. The van der Waals surface area contributed by atoms with Crippen LogP contribution in [0.15, 0.2) is 42.9 Å². The van der Waals surface area contributed by atoms with E-state index in [-0.39, 0.29) is 12.5 Å². The monoisotopic (exact) mass is 445 g/mol. The zero-order valence-electron chi connectivity index (χ0n) is 19.4. The summed E-state index contributed by atoms with van der Waals surface area (Å²) in [5.41, 5.74) is 5.67. The van der Waals surface area contributed by atoms with Gasteiger partial charge in [0.2, 0.25) is 11.9 Å². The highest BCUT2D eigenvalue weighted by Crippen LogP contribution is 2.25. The van der Waals surface area contributed by atoms with E-state index in [1.165, 1.54) is 11.1 Å². The average molecular weight is 446 g/mol. The summed E-state index contributed by atoms with van der Waals surface area (Å²) in [5.74, 6) is 0.764. The normalized spacial score (nSPS) is 16.7. The number of likely N-dealkylation sites (N-methyl/N-ethyl adjacent to an activating group) is 1. The summed E-state index contributed by atoms with van der Waals surface area (Å²) in [6.07, 6.45) is 8.42. The minimum Gasteiger partial charge on any atom is -0.351 e. The molecule has 1 aliphatic heterocycles. The van der Waals surface area contributed by atoms with Gasteiger partial charge in [0.1, 0.15) is 6.54 Å². The van der Waals surface area contributed by atoms with Crippen LogP contribution in [-0.4, -0.2) is 74.7 Å². The Balaban J connectivity index is 1.24. The number of hydrogen-bond donors (Lipinski definition) is 1. The van der Waals surface area contributed by atoms with Gasteiger partial charge >= 0.3 is 0 Å². The SMILES string of the molecule is CCc1nn(CC(=O)N2CCN(C)CC2)cc1-c1cnc(NC2Cc3ccccc3C2)nc1. The molecule has 33 heavy (non-hydrogen) atoms. The van der Waals surface area contributed by atoms with Crippen molar-refractivity contribution in [2.45, 2.75) is 38.8 Å². The molecule has 2 aromatic heterocycles. The lowest BCUT2D eigenvalue weighted by molar-refractivity contribution is -0.133. The largest absolute Gasteiger partial charge is 0.351 e. The number of piperazine rings is 1. The predicted octanol–water partition coefficient (Wildman–Crippen LogP) is 2.26. The van der Waals surface area contributed by atoms with Gasteiger partial charge in [0, 0.05) is 61.9 Å². The van der Waals surface area contributed by atoms with Crippen molar-refractivity contribution >= 4 is 11.9 Å². The van der Waals surface area contributed by atoms with E-state index in [4.69, 9.17) is 0 Å². The number of hydrogen-bond acceptors (Lipinski definition) is 6. The number of amides is 1. The zero-order chi connectivity index (χ0) is 22.8. The third-order valence-corrected chi connectivity index (χ3v) is 6.67. The van der Waals surface area contributed by atoms with Crippen LogP contribution >= 0.6 is 0 Å². The number of carbonyl (C=O) groups is 1. The van der Waals surface area contributed by atoms with E-state index >= 15 is 0 Å². The number of benzene rings is 1. The maximum absolute atomic E-state index is 12.7. The Morgan fingerprint density at radius 2 is 1.73 bits per heavy atom. The van der Waals surface area contributed by atoms with Crippen LogP contribution in [0.2, 0.25) is 0 Å². The van der Waals surface area contributed by atoms with Crippen molar-refractivity contribution in [3.05, 3.63) is 59.7 Å². The first-order valence-electron chi connectivity index (χ1n) is 11.8. The third kappa shape index (κ3) is 4.75. The first-order valence-corrected chi connectivity index (χ1v) is 11.8. The second-order valence-corrected chi connectivity index (χ2v) is 9.04. The molecule has 2 aliphatic rings. The Labute approximate surface area is 194 Å². The van der Waals surface area contributed by atoms with Crippen molar-refractivity contribution in [3.63, 3.8) is 0 Å². The molecule has 0 bridgehead atoms. The van der Waals surface area contributed by atoms with Crippen LogP contribution in [0, 0.1) is 0 Å². The van der Waals surface area contributed by atoms with E-state index in [9.17, 15) is 4.79 Å². The van der Waals surface area contributed by atoms with Gasteiger partial charge in [-0.3, -0.25) is 9.48 Å². The number of rotatable bonds is 6. The minimum atomic E-state index is 0.119. The van der Waals surface area contributed by atoms with Gasteiger partial charge in [0.25, 0.3) is 0 Å². The summed E-state index contributed by atoms with van der Waals surface area (Å²) in [6, 6.07) is 8.90. The highest BCUT2D eigenvalue weighted by atomic mass is 16.2. The van der Waals surface area contributed by atoms with Crippen LogP contribution in [0.3, 0.4) is 0 Å². The molecule has 0 unspecified atom stereocenters. The Kier molecular flexibility index (Phi) is 6.09. The van der Waals surface area contributed by atoms with E-state index in [0.29, 0.717) is 12.0 Å². The molecule has 0 atom stereocenters. The fourth-order valence-electron chi connectivity index (χ4n) is 4.72. The Morgan fingerprint density at radius 1 is 1.06 bits per heavy atom. The van der Waals surface area contributed by atoms with Crippen LogP contribution < -0.4 is 5.32 Å². The van der Waals surface area contributed by atoms with Crippen molar-refractivity contribution in [2.75, 3.05) is 38.5 Å². The molecule has 1 amide bonds. The van der Waals surface area contributed by atoms with Gasteiger partial charge in [-0.15, -0.1) is 0 Å². The average Bonchev–Trinajstić information content (AvgIpc) is 3.43. The van der Waals surface area contributed by atoms with Crippen LogP contribution in [-0.2, 0) is 30.6 Å². The van der Waals surface area contributed by atoms with Crippen molar-refractivity contribution in [1.82, 2.24) is 29.5 Å². The van der Waals surface area contributed by atoms with Gasteiger partial charge in [-0.1, -0.05) is 31.2 Å². The van der Waals surface area contributed by atoms with Gasteiger partial charge in [-0.2, -0.15) is 5.10 Å². The van der Waals surface area contributed by atoms with Crippen molar-refractivity contribution in [1.29, 1.82) is 0 Å². The highest BCUT2D eigenvalue weighted by Gasteiger charge is 2.22. The molecule has 8 heteroatoms. The van der Waals surface area contributed by atoms with Crippen LogP contribution in [0.25, 0.3) is 11.1 Å². The first-order chi connectivity index (χ1) is 16.1. The second-order valence-electron chi connectivity index (χ2n) is 9.04. The maximum atomic E-state index is 12.7. The topological polar surface area (TPSA) is 79.2 Å². The highest BCUT2D eigenvalue weighted by molar-refractivity contribution is 5.76. The smallest absolute Gasteiger partial charge is 0.244 e. The number of anilines is 1. The fourth-order valence-corrected chi connectivity index (χ4v) is 4.72. The molecule has 1 fully saturated rings. The van der Waals surface area contributed by atoms with Crippen molar-refractivity contribution < 1.29 is 4.79 Å². The van der Waals surface area contributed by atoms with E-state index < -0.39 is 0 Å². The van der Waals surface area contributed by atoms with Gasteiger partial charge in [-0.25, -0.2) is 9.97 Å². The standard InChI is InChI=1S/C25H31N7O/c1-3-23-22(16-32(29-23)17-24(33)31-10-8-30(2)9-11-31)20-14-26-25(27-15-20)28-21-12-18-6-4-5-7-19(18)13-21/h4-7,14-16,21H,3,8-13,17H2,1-2H3,(H,26,27,28). The number of aryl methyl sites for hydroxylation is 1. The molecule has 0 spiro atoms. The van der Waals surface area contributed by atoms with E-state index in [1.54, 1.807) is 4.68 Å². The number of aromatic nitrogens is 4. The summed E-state index contributed by atoms with van der Waals surface area (Å²) in [6.45, 7) is 5.73. The lowest BCUT2D eigenvalue weighted by atomic mass is 10.1. The summed E-state index contributed by atoms with van der Waals surface area (Å²) in [4.78, 5) is 26.0. The molecule has 3 aromatic rings. The molecule has 0 saturated carbocycles. The van der Waals surface area contributed by atoms with Crippen molar-refractivity contribution in [3.8, 4) is 11.1 Å². The summed E-state index contributed by atoms with van der Waals surface area (Å²) in [7, 11) is 2.09. The molecule has 0 radical (unpaired) electrons. The number of fused-ring (bicyclic) bond motifs is 1. The molecule has 1 aliphatic carbocycles. The quantitative estimate of drug-likeness (QED) is 0.627. The molecule has 5 rings (SSSR count). The van der Waals surface area contributed by atoms with Crippen LogP contribution in [0.4, 0.5) is 5.95 Å². The molecule has 3 heterocycles. The minimum absolute atomic E-state index is 0.119. The summed E-state index contributed by atoms with van der Waals surface area (Å²) >= 11 is 0. The van der Waals surface area contributed by atoms with Crippen molar-refractivity contribution in [2.24, 2.45) is 0 Å². The van der Waals surface area contributed by atoms with Gasteiger partial charge < -0.3 is 15.1 Å². The maximum Gasteiger partial charge on any atom is 0.244 e. The molecule has 1 saturated heterocycles. The number of nitrogens with one attached hydrogen (secondary N) is 1. The molecular formula is C25H31N7O. The second kappa shape index (κ2) is 9.31. The molecule has 172 valence electrons. The lowest BCUT2D eigenvalue weighted by Crippen LogP contribution is -2.48. The van der Waals surface area contributed by atoms with Gasteiger partial charge in [0.15, 0.2) is 0 Å². The van der Waals surface area contributed by atoms with E-state index in [0.717, 1.165) is 62.3 Å². The van der Waals surface area contributed by atoms with Gasteiger partial charge in [0.05, 0.1) is 5.69 Å². The van der Waals surface area contributed by atoms with E-state index in [1.807, 2.05) is 23.5 Å². The predicted molar refractivity (Wildman–Crippen MR) is 128 cm³/mol. The molecular weight excluding hydrogens is 414 g/mol. The lowest BCUT2D eigenvalue weighted by Gasteiger charge is -2.32. The Bertz CT molecular complexity index is 1090. The Hall–Kier alpha value is -3.26. The third-order valence-electron chi connectivity index (χ3n) is 6.67. The fraction of sp³-hybridized carbons (Fsp3) is 0.440. The van der Waals surface area contributed by atoms with Crippen LogP contribution in [0.5, 0.6) is 0 Å². The van der Waals surface area contributed by atoms with E-state index in [2.05, 4.69) is 63.5 Å². The number of carbonyl (C=O) groups excluding carboxylic acids is 1. The summed E-state index contributed by atoms with van der Waals surface area (Å²) < 4.78 is 1.76. The molecule has 8 nitrogen and oxygen atoms in total. The zero-order valence-corrected chi connectivity index (χ0v) is 19.4. The first kappa shape index (κ1) is 21.6. The summed E-state index contributed by atoms with van der Waals surface area (Å²) in [5, 5.41) is 8.14. The number of nitrogens with zero attached hydrogens (tertiary/aromatic N) is 6. The molecule has 1 N–H and O–H groups in total. The van der Waals surface area contributed by atoms with Crippen LogP contribution in [0.1, 0.15) is 23.7 Å². The van der Waals surface area contributed by atoms with Gasteiger partial charge in [-0.05, 0) is 37.4 Å².